The smallest absolute Gasteiger partial charge is 0.318 e. The van der Waals surface area contributed by atoms with Crippen molar-refractivity contribution in [3.8, 4) is 5.69 Å². The minimum atomic E-state index is -0.251. The van der Waals surface area contributed by atoms with E-state index in [0.717, 1.165) is 42.6 Å². The fourth-order valence-electron chi connectivity index (χ4n) is 7.15. The third-order valence-electron chi connectivity index (χ3n) is 9.64. The summed E-state index contributed by atoms with van der Waals surface area (Å²) in [7, 11) is 0. The predicted molar refractivity (Wildman–Crippen MR) is 164 cm³/mol. The molecule has 3 atom stereocenters. The SMILES string of the molecule is C[C@]12Cc3cnn(-c4ccc(F)cc4)c3C=C1CC[C@@H]2CC(NC(=O)N1CCN(c2ncccn2)CC1)c1ccccc1. The molecule has 1 aliphatic heterocycles. The normalized spacial score (nSPS) is 22.0. The molecule has 220 valence electrons. The summed E-state index contributed by atoms with van der Waals surface area (Å²) in [4.78, 5) is 26.4. The van der Waals surface area contributed by atoms with Crippen LogP contribution in [0.4, 0.5) is 15.1 Å². The summed E-state index contributed by atoms with van der Waals surface area (Å²) < 4.78 is 15.5. The zero-order valence-electron chi connectivity index (χ0n) is 24.4. The van der Waals surface area contributed by atoms with Gasteiger partial charge in [-0.3, -0.25) is 0 Å². The number of halogens is 1. The van der Waals surface area contributed by atoms with E-state index in [2.05, 4.69) is 50.4 Å². The van der Waals surface area contributed by atoms with Gasteiger partial charge in [-0.05, 0) is 84.6 Å². The Kier molecular flexibility index (Phi) is 7.16. The molecule has 0 bridgehead atoms. The number of allylic oxidation sites excluding steroid dienone is 1. The van der Waals surface area contributed by atoms with Gasteiger partial charge in [-0.25, -0.2) is 23.8 Å². The molecule has 2 amide bonds. The Bertz CT molecular complexity index is 1610. The number of hydrogen-bond donors (Lipinski definition) is 1. The first kappa shape index (κ1) is 27.3. The lowest BCUT2D eigenvalue weighted by Gasteiger charge is -2.39. The van der Waals surface area contributed by atoms with Crippen molar-refractivity contribution >= 4 is 18.1 Å². The van der Waals surface area contributed by atoms with Crippen molar-refractivity contribution in [2.75, 3.05) is 31.1 Å². The van der Waals surface area contributed by atoms with Crippen LogP contribution in [0.2, 0.25) is 0 Å². The molecule has 1 saturated heterocycles. The van der Waals surface area contributed by atoms with Crippen molar-refractivity contribution in [1.29, 1.82) is 0 Å². The number of urea groups is 1. The van der Waals surface area contributed by atoms with Crippen molar-refractivity contribution in [3.63, 3.8) is 0 Å². The van der Waals surface area contributed by atoms with E-state index < -0.39 is 0 Å². The van der Waals surface area contributed by atoms with Crippen molar-refractivity contribution in [2.45, 2.75) is 38.6 Å². The molecular formula is C34H36FN7O. The molecule has 7 rings (SSSR count). The van der Waals surface area contributed by atoms with Crippen LogP contribution in [0.1, 0.15) is 49.0 Å². The summed E-state index contributed by atoms with van der Waals surface area (Å²) in [5.41, 5.74) is 5.72. The molecule has 1 unspecified atom stereocenters. The number of rotatable bonds is 6. The van der Waals surface area contributed by atoms with Gasteiger partial charge < -0.3 is 15.1 Å². The third-order valence-corrected chi connectivity index (χ3v) is 9.64. The lowest BCUT2D eigenvalue weighted by Crippen LogP contribution is -2.52. The molecule has 1 N–H and O–H groups in total. The quantitative estimate of drug-likeness (QED) is 0.313. The summed E-state index contributed by atoms with van der Waals surface area (Å²) in [5, 5.41) is 8.10. The van der Waals surface area contributed by atoms with Gasteiger partial charge in [-0.15, -0.1) is 0 Å². The van der Waals surface area contributed by atoms with E-state index in [9.17, 15) is 9.18 Å². The monoisotopic (exact) mass is 577 g/mol. The molecule has 2 fully saturated rings. The second-order valence-corrected chi connectivity index (χ2v) is 12.1. The fraction of sp³-hybridized carbons (Fsp3) is 0.353. The maximum atomic E-state index is 13.6. The number of anilines is 1. The van der Waals surface area contributed by atoms with E-state index in [-0.39, 0.29) is 23.3 Å². The minimum absolute atomic E-state index is 0.0112. The number of hydrogen-bond acceptors (Lipinski definition) is 5. The highest BCUT2D eigenvalue weighted by Gasteiger charge is 2.46. The molecule has 1 saturated carbocycles. The molecule has 2 aromatic carbocycles. The molecule has 43 heavy (non-hydrogen) atoms. The number of aromatic nitrogens is 4. The molecule has 8 nitrogen and oxygen atoms in total. The number of carbonyl (C=O) groups excluding carboxylic acids is 1. The predicted octanol–water partition coefficient (Wildman–Crippen LogP) is 5.82. The second-order valence-electron chi connectivity index (χ2n) is 12.1. The molecule has 3 heterocycles. The van der Waals surface area contributed by atoms with Gasteiger partial charge in [-0.2, -0.15) is 5.10 Å². The number of carbonyl (C=O) groups is 1. The Hall–Kier alpha value is -4.53. The number of benzene rings is 2. The standard InChI is InChI=1S/C34H36FN7O/c1-34-22-25-23-38-42(29-12-10-28(35)11-13-29)31(25)21-27(34)9-8-26(34)20-30(24-6-3-2-4-7-24)39-33(43)41-18-16-40(17-19-41)32-36-14-5-15-37-32/h2-7,10-15,21,23,26,30H,8-9,16-20,22H2,1H3,(H,39,43)/t26-,30?,34-/m1/s1. The Labute approximate surface area is 251 Å². The first-order valence-electron chi connectivity index (χ1n) is 15.1. The van der Waals surface area contributed by atoms with Crippen molar-refractivity contribution < 1.29 is 9.18 Å². The van der Waals surface area contributed by atoms with Gasteiger partial charge in [0.15, 0.2) is 0 Å². The van der Waals surface area contributed by atoms with Gasteiger partial charge in [0.2, 0.25) is 5.95 Å². The Balaban J connectivity index is 1.07. The van der Waals surface area contributed by atoms with Gasteiger partial charge in [-0.1, -0.05) is 42.8 Å². The average molecular weight is 578 g/mol. The Morgan fingerprint density at radius 3 is 2.51 bits per heavy atom. The van der Waals surface area contributed by atoms with E-state index in [1.807, 2.05) is 40.0 Å². The number of nitrogens with one attached hydrogen (secondary N) is 1. The second kappa shape index (κ2) is 11.3. The van der Waals surface area contributed by atoms with Crippen LogP contribution in [0, 0.1) is 17.2 Å². The first-order valence-corrected chi connectivity index (χ1v) is 15.1. The van der Waals surface area contributed by atoms with Crippen LogP contribution < -0.4 is 10.2 Å². The number of fused-ring (bicyclic) bond motifs is 2. The molecular weight excluding hydrogens is 541 g/mol. The Morgan fingerprint density at radius 1 is 1.02 bits per heavy atom. The molecule has 9 heteroatoms. The largest absolute Gasteiger partial charge is 0.337 e. The van der Waals surface area contributed by atoms with Gasteiger partial charge in [0.25, 0.3) is 0 Å². The fourth-order valence-corrected chi connectivity index (χ4v) is 7.15. The van der Waals surface area contributed by atoms with E-state index >= 15 is 0 Å². The van der Waals surface area contributed by atoms with E-state index in [0.29, 0.717) is 38.0 Å². The zero-order valence-corrected chi connectivity index (χ0v) is 24.4. The van der Waals surface area contributed by atoms with Crippen LogP contribution in [0.15, 0.2) is 84.8 Å². The van der Waals surface area contributed by atoms with Crippen molar-refractivity contribution in [3.05, 3.63) is 107 Å². The van der Waals surface area contributed by atoms with E-state index in [1.54, 1.807) is 24.5 Å². The maximum Gasteiger partial charge on any atom is 0.318 e. The highest BCUT2D eigenvalue weighted by atomic mass is 19.1. The third kappa shape index (κ3) is 5.28. The molecule has 0 spiro atoms. The van der Waals surface area contributed by atoms with Gasteiger partial charge in [0.05, 0.1) is 23.6 Å². The van der Waals surface area contributed by atoms with Crippen molar-refractivity contribution in [1.82, 2.24) is 30.0 Å². The van der Waals surface area contributed by atoms with Crippen LogP contribution in [0.5, 0.6) is 0 Å². The summed E-state index contributed by atoms with van der Waals surface area (Å²) in [6.45, 7) is 5.04. The summed E-state index contributed by atoms with van der Waals surface area (Å²) >= 11 is 0. The molecule has 0 radical (unpaired) electrons. The van der Waals surface area contributed by atoms with Crippen LogP contribution in [-0.2, 0) is 6.42 Å². The lowest BCUT2D eigenvalue weighted by molar-refractivity contribution is 0.181. The van der Waals surface area contributed by atoms with Gasteiger partial charge in [0, 0.05) is 38.6 Å². The minimum Gasteiger partial charge on any atom is -0.337 e. The Morgan fingerprint density at radius 2 is 1.77 bits per heavy atom. The number of piperazine rings is 1. The van der Waals surface area contributed by atoms with Crippen LogP contribution in [0.3, 0.4) is 0 Å². The highest BCUT2D eigenvalue weighted by Crippen LogP contribution is 2.55. The topological polar surface area (TPSA) is 79.2 Å². The van der Waals surface area contributed by atoms with E-state index in [1.165, 1.54) is 23.3 Å². The zero-order chi connectivity index (χ0) is 29.4. The molecule has 3 aliphatic rings. The molecule has 4 aromatic rings. The first-order chi connectivity index (χ1) is 21.0. The maximum absolute atomic E-state index is 13.6. The summed E-state index contributed by atoms with van der Waals surface area (Å²) in [6.07, 6.45) is 11.6. The van der Waals surface area contributed by atoms with Crippen molar-refractivity contribution in [2.24, 2.45) is 11.3 Å². The van der Waals surface area contributed by atoms with Gasteiger partial charge >= 0.3 is 6.03 Å². The summed E-state index contributed by atoms with van der Waals surface area (Å²) in [5.74, 6) is 0.860. The number of nitrogens with zero attached hydrogens (tertiary/aromatic N) is 6. The van der Waals surface area contributed by atoms with Crippen LogP contribution in [0.25, 0.3) is 11.8 Å². The summed E-state index contributed by atoms with van der Waals surface area (Å²) in [6, 6.07) is 18.6. The molecule has 2 aliphatic carbocycles. The van der Waals surface area contributed by atoms with Gasteiger partial charge in [0.1, 0.15) is 5.82 Å². The highest BCUT2D eigenvalue weighted by molar-refractivity contribution is 5.75. The lowest BCUT2D eigenvalue weighted by atomic mass is 9.68. The van der Waals surface area contributed by atoms with Crippen LogP contribution >= 0.6 is 0 Å². The van der Waals surface area contributed by atoms with Crippen LogP contribution in [-0.4, -0.2) is 56.9 Å². The van der Waals surface area contributed by atoms with E-state index in [4.69, 9.17) is 0 Å². The number of amides is 2. The molecule has 2 aromatic heterocycles. The average Bonchev–Trinajstić information content (AvgIpc) is 3.59.